The molecule has 0 radical (unpaired) electrons. The molecule has 4 nitrogen and oxygen atoms in total. The van der Waals surface area contributed by atoms with E-state index in [1.54, 1.807) is 18.2 Å². The Morgan fingerprint density at radius 3 is 2.77 bits per heavy atom. The number of hydrogen-bond donors (Lipinski definition) is 1. The summed E-state index contributed by atoms with van der Waals surface area (Å²) in [6.45, 7) is 3.00. The third-order valence-electron chi connectivity index (χ3n) is 4.43. The van der Waals surface area contributed by atoms with E-state index < -0.39 is 5.97 Å². The van der Waals surface area contributed by atoms with Crippen molar-refractivity contribution in [3.8, 4) is 0 Å². The number of carbonyl (C=O) groups excluding carboxylic acids is 1. The van der Waals surface area contributed by atoms with Gasteiger partial charge < -0.3 is 10.0 Å². The normalized spacial score (nSPS) is 18.2. The molecule has 1 saturated heterocycles. The average molecular weight is 303 g/mol. The van der Waals surface area contributed by atoms with Crippen LogP contribution in [0.15, 0.2) is 24.3 Å². The predicted octanol–water partition coefficient (Wildman–Crippen LogP) is 3.50. The van der Waals surface area contributed by atoms with Crippen LogP contribution >= 0.6 is 0 Å². The molecule has 1 heterocycles. The van der Waals surface area contributed by atoms with Gasteiger partial charge in [-0.3, -0.25) is 4.79 Å². The van der Waals surface area contributed by atoms with Crippen LogP contribution in [0.25, 0.3) is 0 Å². The summed E-state index contributed by atoms with van der Waals surface area (Å²) in [5.41, 5.74) is 1.05. The van der Waals surface area contributed by atoms with E-state index in [0.717, 1.165) is 37.8 Å². The van der Waals surface area contributed by atoms with Crippen molar-refractivity contribution < 1.29 is 14.7 Å². The van der Waals surface area contributed by atoms with Crippen LogP contribution in [0.2, 0.25) is 0 Å². The SMILES string of the molecule is CCCC1CCCCN1C(=O)CCc1ccccc1C(=O)O. The second kappa shape index (κ2) is 7.97. The van der Waals surface area contributed by atoms with Crippen molar-refractivity contribution >= 4 is 11.9 Å². The van der Waals surface area contributed by atoms with Gasteiger partial charge in [-0.1, -0.05) is 31.5 Å². The Bertz CT molecular complexity index is 525. The summed E-state index contributed by atoms with van der Waals surface area (Å²) in [6, 6.07) is 7.32. The second-order valence-electron chi connectivity index (χ2n) is 5.99. The van der Waals surface area contributed by atoms with E-state index in [2.05, 4.69) is 6.92 Å². The van der Waals surface area contributed by atoms with Crippen LogP contribution in [0, 0.1) is 0 Å². The van der Waals surface area contributed by atoms with E-state index in [-0.39, 0.29) is 5.91 Å². The maximum atomic E-state index is 12.5. The fraction of sp³-hybridized carbons (Fsp3) is 0.556. The molecule has 1 amide bonds. The summed E-state index contributed by atoms with van der Waals surface area (Å²) in [5.74, 6) is -0.761. The first kappa shape index (κ1) is 16.5. The molecule has 120 valence electrons. The van der Waals surface area contributed by atoms with Gasteiger partial charge in [-0.2, -0.15) is 0 Å². The van der Waals surface area contributed by atoms with E-state index in [4.69, 9.17) is 0 Å². The van der Waals surface area contributed by atoms with E-state index in [0.29, 0.717) is 24.4 Å². The molecule has 4 heteroatoms. The number of aromatic carboxylic acids is 1. The molecule has 1 unspecified atom stereocenters. The van der Waals surface area contributed by atoms with Crippen molar-refractivity contribution in [3.05, 3.63) is 35.4 Å². The highest BCUT2D eigenvalue weighted by Crippen LogP contribution is 2.22. The lowest BCUT2D eigenvalue weighted by Gasteiger charge is -2.36. The Morgan fingerprint density at radius 2 is 2.05 bits per heavy atom. The molecule has 0 spiro atoms. The minimum absolute atomic E-state index is 0.165. The lowest BCUT2D eigenvalue weighted by Crippen LogP contribution is -2.43. The van der Waals surface area contributed by atoms with Crippen LogP contribution < -0.4 is 0 Å². The van der Waals surface area contributed by atoms with Gasteiger partial charge in [0.15, 0.2) is 0 Å². The quantitative estimate of drug-likeness (QED) is 0.875. The number of aryl methyl sites for hydroxylation is 1. The third-order valence-corrected chi connectivity index (χ3v) is 4.43. The fourth-order valence-electron chi connectivity index (χ4n) is 3.29. The number of piperidine rings is 1. The van der Waals surface area contributed by atoms with Crippen LogP contribution in [0.1, 0.15) is 61.4 Å². The van der Waals surface area contributed by atoms with E-state index >= 15 is 0 Å². The zero-order valence-corrected chi connectivity index (χ0v) is 13.3. The first-order chi connectivity index (χ1) is 10.6. The van der Waals surface area contributed by atoms with Crippen molar-refractivity contribution in [1.82, 2.24) is 4.90 Å². The van der Waals surface area contributed by atoms with Crippen LogP contribution in [0.4, 0.5) is 0 Å². The number of nitrogens with zero attached hydrogens (tertiary/aromatic N) is 1. The van der Waals surface area contributed by atoms with Gasteiger partial charge in [0.25, 0.3) is 0 Å². The Morgan fingerprint density at radius 1 is 1.27 bits per heavy atom. The monoisotopic (exact) mass is 303 g/mol. The molecule has 1 N–H and O–H groups in total. The molecule has 0 aromatic heterocycles. The van der Waals surface area contributed by atoms with Gasteiger partial charge in [0, 0.05) is 19.0 Å². The summed E-state index contributed by atoms with van der Waals surface area (Å²) in [4.78, 5) is 25.8. The maximum Gasteiger partial charge on any atom is 0.335 e. The summed E-state index contributed by atoms with van der Waals surface area (Å²) >= 11 is 0. The van der Waals surface area contributed by atoms with Crippen LogP contribution in [0.3, 0.4) is 0 Å². The topological polar surface area (TPSA) is 57.6 Å². The number of carboxylic acid groups (broad SMARTS) is 1. The first-order valence-electron chi connectivity index (χ1n) is 8.24. The van der Waals surface area contributed by atoms with Crippen molar-refractivity contribution in [3.63, 3.8) is 0 Å². The van der Waals surface area contributed by atoms with Crippen molar-refractivity contribution in [1.29, 1.82) is 0 Å². The molecule has 0 saturated carbocycles. The zero-order valence-electron chi connectivity index (χ0n) is 13.3. The fourth-order valence-corrected chi connectivity index (χ4v) is 3.29. The number of likely N-dealkylation sites (tertiary alicyclic amines) is 1. The number of hydrogen-bond acceptors (Lipinski definition) is 2. The molecule has 0 bridgehead atoms. The highest BCUT2D eigenvalue weighted by molar-refractivity contribution is 5.89. The second-order valence-corrected chi connectivity index (χ2v) is 5.99. The van der Waals surface area contributed by atoms with Gasteiger partial charge in [-0.15, -0.1) is 0 Å². The number of carboxylic acids is 1. The van der Waals surface area contributed by atoms with Gasteiger partial charge in [-0.25, -0.2) is 4.79 Å². The molecule has 2 rings (SSSR count). The first-order valence-corrected chi connectivity index (χ1v) is 8.24. The molecule has 1 atom stereocenters. The maximum absolute atomic E-state index is 12.5. The lowest BCUT2D eigenvalue weighted by atomic mass is 9.96. The van der Waals surface area contributed by atoms with E-state index in [1.165, 1.54) is 6.42 Å². The number of benzene rings is 1. The molecule has 1 aromatic rings. The minimum Gasteiger partial charge on any atom is -0.478 e. The van der Waals surface area contributed by atoms with E-state index in [1.807, 2.05) is 11.0 Å². The average Bonchev–Trinajstić information content (AvgIpc) is 2.53. The number of rotatable bonds is 6. The summed E-state index contributed by atoms with van der Waals surface area (Å²) in [6.07, 6.45) is 6.44. The van der Waals surface area contributed by atoms with Gasteiger partial charge >= 0.3 is 5.97 Å². The molecule has 22 heavy (non-hydrogen) atoms. The van der Waals surface area contributed by atoms with Crippen molar-refractivity contribution in [2.75, 3.05) is 6.54 Å². The molecule has 1 aliphatic rings. The van der Waals surface area contributed by atoms with Gasteiger partial charge in [0.05, 0.1) is 5.56 Å². The zero-order chi connectivity index (χ0) is 15.9. The largest absolute Gasteiger partial charge is 0.478 e. The lowest BCUT2D eigenvalue weighted by molar-refractivity contribution is -0.135. The summed E-state index contributed by atoms with van der Waals surface area (Å²) in [7, 11) is 0. The standard InChI is InChI=1S/C18H25NO3/c1-2-7-15-9-5-6-13-19(15)17(20)12-11-14-8-3-4-10-16(14)18(21)22/h3-4,8,10,15H,2,5-7,9,11-13H2,1H3,(H,21,22). The molecule has 1 aromatic carbocycles. The molecular weight excluding hydrogens is 278 g/mol. The Hall–Kier alpha value is -1.84. The molecular formula is C18H25NO3. The summed E-state index contributed by atoms with van der Waals surface area (Å²) < 4.78 is 0. The summed E-state index contributed by atoms with van der Waals surface area (Å²) in [5, 5.41) is 9.20. The van der Waals surface area contributed by atoms with Crippen LogP contribution in [-0.4, -0.2) is 34.5 Å². The predicted molar refractivity (Wildman–Crippen MR) is 86.0 cm³/mol. The number of carbonyl (C=O) groups is 2. The number of amides is 1. The van der Waals surface area contributed by atoms with Crippen molar-refractivity contribution in [2.24, 2.45) is 0 Å². The highest BCUT2D eigenvalue weighted by Gasteiger charge is 2.25. The van der Waals surface area contributed by atoms with E-state index in [9.17, 15) is 14.7 Å². The van der Waals surface area contributed by atoms with Crippen molar-refractivity contribution in [2.45, 2.75) is 57.9 Å². The molecule has 0 aliphatic carbocycles. The van der Waals surface area contributed by atoms with Crippen LogP contribution in [-0.2, 0) is 11.2 Å². The Labute approximate surface area is 132 Å². The Balaban J connectivity index is 1.98. The van der Waals surface area contributed by atoms with Gasteiger partial charge in [0.1, 0.15) is 0 Å². The molecule has 1 fully saturated rings. The third kappa shape index (κ3) is 4.09. The molecule has 1 aliphatic heterocycles. The Kier molecular flexibility index (Phi) is 5.99. The van der Waals surface area contributed by atoms with Crippen LogP contribution in [0.5, 0.6) is 0 Å². The van der Waals surface area contributed by atoms with Gasteiger partial charge in [0.2, 0.25) is 5.91 Å². The highest BCUT2D eigenvalue weighted by atomic mass is 16.4. The smallest absolute Gasteiger partial charge is 0.335 e. The van der Waals surface area contributed by atoms with Gasteiger partial charge in [-0.05, 0) is 43.7 Å². The minimum atomic E-state index is -0.926.